The first-order valence-corrected chi connectivity index (χ1v) is 35.1. The molecule has 2 N–H and O–H groups in total. The van der Waals surface area contributed by atoms with Crippen LogP contribution >= 0.6 is 7.82 Å². The van der Waals surface area contributed by atoms with Gasteiger partial charge in [0.25, 0.3) is 0 Å². The minimum Gasteiger partial charge on any atom is -0.456 e. The Bertz CT molecular complexity index is 1710. The Hall–Kier alpha value is -3.07. The SMILES string of the molecule is CC/C=C\C/C=C\C/C=C\C/C=C\C/C=C\CCCCCC(=O)NC(COP(=O)(O)OCC[N+](C)(C)C)C(/C=C/CCCCCCCCCCCCC)OC(=O)CCCCCCCCCCCCCCC/C=C\C/C=C\CCCCC. The number of nitrogens with zero attached hydrogens (tertiary/aromatic N) is 1. The summed E-state index contributed by atoms with van der Waals surface area (Å²) in [5, 5.41) is 3.05. The van der Waals surface area contributed by atoms with Gasteiger partial charge in [0.2, 0.25) is 5.91 Å². The summed E-state index contributed by atoms with van der Waals surface area (Å²) in [5.41, 5.74) is 0. The quantitative estimate of drug-likeness (QED) is 0.0205. The predicted molar refractivity (Wildman–Crippen MR) is 350 cm³/mol. The number of quaternary nitrogens is 1. The molecule has 3 unspecified atom stereocenters. The lowest BCUT2D eigenvalue weighted by atomic mass is 10.0. The Morgan fingerprint density at radius 2 is 0.790 bits per heavy atom. The van der Waals surface area contributed by atoms with Gasteiger partial charge in [-0.05, 0) is 109 Å². The molecule has 81 heavy (non-hydrogen) atoms. The molecule has 0 fully saturated rings. The van der Waals surface area contributed by atoms with Gasteiger partial charge in [-0.25, -0.2) is 4.57 Å². The molecule has 0 aromatic rings. The molecule has 9 nitrogen and oxygen atoms in total. The fraction of sp³-hybridized carbons (Fsp3) is 0.746. The van der Waals surface area contributed by atoms with Crippen LogP contribution in [0.15, 0.2) is 97.2 Å². The van der Waals surface area contributed by atoms with Crippen LogP contribution in [0.4, 0.5) is 0 Å². The van der Waals surface area contributed by atoms with Crippen molar-refractivity contribution >= 4 is 19.7 Å². The molecule has 0 saturated carbocycles. The van der Waals surface area contributed by atoms with Gasteiger partial charge in [-0.1, -0.05) is 266 Å². The molecule has 0 radical (unpaired) electrons. The third kappa shape index (κ3) is 61.3. The van der Waals surface area contributed by atoms with E-state index in [9.17, 15) is 19.0 Å². The number of phosphoric acid groups is 1. The van der Waals surface area contributed by atoms with Crippen LogP contribution in [0.3, 0.4) is 0 Å². The summed E-state index contributed by atoms with van der Waals surface area (Å²) in [6.07, 6.45) is 81.2. The molecule has 3 atom stereocenters. The lowest BCUT2D eigenvalue weighted by Gasteiger charge is -2.27. The molecule has 0 rings (SSSR count). The van der Waals surface area contributed by atoms with E-state index < -0.39 is 20.0 Å². The number of amides is 1. The molecule has 0 aliphatic rings. The maximum Gasteiger partial charge on any atom is 0.472 e. The number of unbranched alkanes of at least 4 members (excludes halogenated alkanes) is 30. The molecule has 0 aromatic carbocycles. The monoisotopic (exact) mass is 1150 g/mol. The molecule has 0 bridgehead atoms. The first-order chi connectivity index (χ1) is 39.4. The number of hydrogen-bond acceptors (Lipinski definition) is 6. The number of allylic oxidation sites excluding steroid dienone is 15. The number of likely N-dealkylation sites (N-methyl/N-ethyl adjacent to an activating group) is 1. The molecule has 0 heterocycles. The van der Waals surface area contributed by atoms with Crippen molar-refractivity contribution in [3.8, 4) is 0 Å². The van der Waals surface area contributed by atoms with Crippen molar-refractivity contribution in [1.82, 2.24) is 5.32 Å². The van der Waals surface area contributed by atoms with Gasteiger partial charge in [-0.2, -0.15) is 0 Å². The fourth-order valence-corrected chi connectivity index (χ4v) is 10.1. The number of esters is 1. The largest absolute Gasteiger partial charge is 0.472 e. The van der Waals surface area contributed by atoms with Crippen LogP contribution in [0.25, 0.3) is 0 Å². The molecule has 0 aliphatic carbocycles. The van der Waals surface area contributed by atoms with Crippen LogP contribution in [0.1, 0.15) is 290 Å². The van der Waals surface area contributed by atoms with E-state index in [4.69, 9.17) is 13.8 Å². The van der Waals surface area contributed by atoms with Gasteiger partial charge in [0, 0.05) is 12.8 Å². The second kappa shape index (κ2) is 60.1. The topological polar surface area (TPSA) is 111 Å². The molecule has 0 aliphatic heterocycles. The minimum absolute atomic E-state index is 0.0297. The standard InChI is InChI=1S/C71H127N2O7P/c1-7-10-13-16-19-22-25-28-30-32-34-35-36-37-39-41-43-46-49-52-55-58-61-64-71(75)80-69(62-59-56-53-50-47-44-27-24-21-18-15-12-9-3)68(67-79-81(76,77)78-66-65-73(4,5)6)72-70(74)63-60-57-54-51-48-45-42-40-38-33-31-29-26-23-20-17-14-11-8-2/h11,14,19-20,22-23,28-31,38,40,45,48,59,62,68-69H,7-10,12-13,15-18,21,24-27,32-37,39,41-44,46-47,49-58,60-61,63-67H2,1-6H3,(H-,72,74,76,77)/p+1/b14-11-,22-19-,23-20-,30-28-,31-29-,40-38-,48-45-,62-59+. The number of phosphoric ester groups is 1. The number of carbonyl (C=O) groups excluding carboxylic acids is 2. The van der Waals surface area contributed by atoms with Gasteiger partial charge in [-0.3, -0.25) is 18.6 Å². The third-order valence-electron chi connectivity index (χ3n) is 14.5. The van der Waals surface area contributed by atoms with Gasteiger partial charge in [-0.15, -0.1) is 0 Å². The summed E-state index contributed by atoms with van der Waals surface area (Å²) in [7, 11) is 1.47. The zero-order valence-electron chi connectivity index (χ0n) is 53.5. The highest BCUT2D eigenvalue weighted by atomic mass is 31.2. The third-order valence-corrected chi connectivity index (χ3v) is 15.5. The van der Waals surface area contributed by atoms with Gasteiger partial charge in [0.15, 0.2) is 0 Å². The van der Waals surface area contributed by atoms with E-state index in [1.165, 1.54) is 154 Å². The highest BCUT2D eigenvalue weighted by Crippen LogP contribution is 2.43. The van der Waals surface area contributed by atoms with E-state index in [0.717, 1.165) is 96.3 Å². The van der Waals surface area contributed by atoms with Crippen molar-refractivity contribution in [2.24, 2.45) is 0 Å². The van der Waals surface area contributed by atoms with E-state index in [1.54, 1.807) is 0 Å². The van der Waals surface area contributed by atoms with Crippen LogP contribution < -0.4 is 5.32 Å². The number of hydrogen-bond donors (Lipinski definition) is 2. The van der Waals surface area contributed by atoms with Gasteiger partial charge in [0.05, 0.1) is 33.8 Å². The molecular weight excluding hydrogens is 1020 g/mol. The van der Waals surface area contributed by atoms with E-state index in [-0.39, 0.29) is 37.9 Å². The molecule has 1 amide bonds. The first-order valence-electron chi connectivity index (χ1n) is 33.6. The lowest BCUT2D eigenvalue weighted by Crippen LogP contribution is -2.47. The average molecular weight is 1150 g/mol. The van der Waals surface area contributed by atoms with Crippen LogP contribution in [-0.2, 0) is 27.9 Å². The highest BCUT2D eigenvalue weighted by Gasteiger charge is 2.30. The average Bonchev–Trinajstić information content (AvgIpc) is 3.44. The van der Waals surface area contributed by atoms with Crippen molar-refractivity contribution in [2.75, 3.05) is 40.9 Å². The second-order valence-electron chi connectivity index (χ2n) is 23.6. The predicted octanol–water partition coefficient (Wildman–Crippen LogP) is 21.1. The van der Waals surface area contributed by atoms with Crippen molar-refractivity contribution in [3.05, 3.63) is 97.2 Å². The lowest BCUT2D eigenvalue weighted by molar-refractivity contribution is -0.870. The molecule has 468 valence electrons. The summed E-state index contributed by atoms with van der Waals surface area (Å²) >= 11 is 0. The number of ether oxygens (including phenoxy) is 1. The van der Waals surface area contributed by atoms with E-state index in [2.05, 4.69) is 111 Å². The van der Waals surface area contributed by atoms with E-state index in [1.807, 2.05) is 33.3 Å². The zero-order chi connectivity index (χ0) is 59.3. The second-order valence-corrected chi connectivity index (χ2v) is 25.1. The van der Waals surface area contributed by atoms with E-state index >= 15 is 0 Å². The molecular formula is C71H128N2O7P+. The molecule has 0 saturated heterocycles. The summed E-state index contributed by atoms with van der Waals surface area (Å²) < 4.78 is 30.8. The molecule has 0 spiro atoms. The maximum absolute atomic E-state index is 13.6. The Balaban J connectivity index is 5.23. The van der Waals surface area contributed by atoms with Crippen LogP contribution in [0.5, 0.6) is 0 Å². The first kappa shape index (κ1) is 77.9. The maximum atomic E-state index is 13.6. The Labute approximate surface area is 500 Å². The summed E-state index contributed by atoms with van der Waals surface area (Å²) in [6, 6.07) is -0.872. The van der Waals surface area contributed by atoms with Gasteiger partial charge >= 0.3 is 13.8 Å². The van der Waals surface area contributed by atoms with E-state index in [0.29, 0.717) is 17.4 Å². The Morgan fingerprint density at radius 3 is 1.22 bits per heavy atom. The molecule has 10 heteroatoms. The number of rotatable bonds is 60. The van der Waals surface area contributed by atoms with Gasteiger partial charge < -0.3 is 19.4 Å². The smallest absolute Gasteiger partial charge is 0.456 e. The van der Waals surface area contributed by atoms with Crippen molar-refractivity contribution < 1.29 is 37.3 Å². The Kier molecular flexibility index (Phi) is 57.8. The summed E-state index contributed by atoms with van der Waals surface area (Å²) in [4.78, 5) is 37.8. The van der Waals surface area contributed by atoms with Crippen LogP contribution in [0.2, 0.25) is 0 Å². The summed E-state index contributed by atoms with van der Waals surface area (Å²) in [6.45, 7) is 6.86. The minimum atomic E-state index is -4.47. The normalized spacial score (nSPS) is 14.2. The van der Waals surface area contributed by atoms with Crippen molar-refractivity contribution in [2.45, 2.75) is 303 Å². The number of carbonyl (C=O) groups is 2. The van der Waals surface area contributed by atoms with Crippen molar-refractivity contribution in [3.63, 3.8) is 0 Å². The summed E-state index contributed by atoms with van der Waals surface area (Å²) in [5.74, 6) is -0.541. The zero-order valence-corrected chi connectivity index (χ0v) is 54.4. The van der Waals surface area contributed by atoms with Crippen LogP contribution in [-0.4, -0.2) is 74.3 Å². The fourth-order valence-electron chi connectivity index (χ4n) is 9.35. The van der Waals surface area contributed by atoms with Crippen molar-refractivity contribution in [1.29, 1.82) is 0 Å². The number of nitrogens with one attached hydrogen (secondary N) is 1. The highest BCUT2D eigenvalue weighted by molar-refractivity contribution is 7.47. The molecule has 0 aromatic heterocycles. The Morgan fingerprint density at radius 1 is 0.444 bits per heavy atom. The van der Waals surface area contributed by atoms with Crippen LogP contribution in [0, 0.1) is 0 Å². The van der Waals surface area contributed by atoms with Gasteiger partial charge in [0.1, 0.15) is 19.3 Å².